The molecule has 0 bridgehead atoms. The number of nitriles is 1. The van der Waals surface area contributed by atoms with Crippen molar-refractivity contribution in [3.63, 3.8) is 0 Å². The molecule has 3 heteroatoms. The third kappa shape index (κ3) is 2.84. The van der Waals surface area contributed by atoms with Crippen LogP contribution in [-0.2, 0) is 6.42 Å². The summed E-state index contributed by atoms with van der Waals surface area (Å²) in [7, 11) is 0. The number of aliphatic hydroxyl groups is 1. The van der Waals surface area contributed by atoms with Crippen LogP contribution in [0.3, 0.4) is 0 Å². The van der Waals surface area contributed by atoms with Crippen LogP contribution in [0.2, 0.25) is 0 Å². The Balaban J connectivity index is 2.78. The molecule has 0 aliphatic carbocycles. The molecular formula is C11H14N2O. The highest BCUT2D eigenvalue weighted by Gasteiger charge is 2.05. The lowest BCUT2D eigenvalue weighted by molar-refractivity contribution is 0.276. The Morgan fingerprint density at radius 3 is 2.93 bits per heavy atom. The van der Waals surface area contributed by atoms with E-state index in [1.54, 1.807) is 0 Å². The van der Waals surface area contributed by atoms with Gasteiger partial charge in [-0.15, -0.1) is 0 Å². The first kappa shape index (κ1) is 10.7. The predicted molar refractivity (Wildman–Crippen MR) is 54.4 cm³/mol. The molecule has 1 rings (SSSR count). The maximum absolute atomic E-state index is 8.74. The van der Waals surface area contributed by atoms with E-state index >= 15 is 0 Å². The van der Waals surface area contributed by atoms with Crippen LogP contribution in [0, 0.1) is 11.3 Å². The summed E-state index contributed by atoms with van der Waals surface area (Å²) in [6.07, 6.45) is 0.954. The molecule has 0 aliphatic heterocycles. The van der Waals surface area contributed by atoms with Crippen molar-refractivity contribution in [3.8, 4) is 6.07 Å². The molecule has 0 fully saturated rings. The second kappa shape index (κ2) is 5.38. The summed E-state index contributed by atoms with van der Waals surface area (Å²) in [6.45, 7) is 0.0869. The maximum Gasteiger partial charge on any atom is 0.0669 e. The van der Waals surface area contributed by atoms with Gasteiger partial charge in [0.25, 0.3) is 0 Å². The van der Waals surface area contributed by atoms with E-state index in [0.717, 1.165) is 11.1 Å². The zero-order chi connectivity index (χ0) is 10.4. The molecule has 14 heavy (non-hydrogen) atoms. The summed E-state index contributed by atoms with van der Waals surface area (Å²) >= 11 is 0. The fourth-order valence-corrected chi connectivity index (χ4v) is 1.33. The lowest BCUT2D eigenvalue weighted by atomic mass is 10.0. The van der Waals surface area contributed by atoms with Crippen LogP contribution in [0.25, 0.3) is 0 Å². The number of nitrogens with two attached hydrogens (primary N) is 1. The van der Waals surface area contributed by atoms with E-state index in [-0.39, 0.29) is 12.6 Å². The van der Waals surface area contributed by atoms with Crippen LogP contribution in [0.4, 0.5) is 0 Å². The second-order valence-corrected chi connectivity index (χ2v) is 3.20. The van der Waals surface area contributed by atoms with Gasteiger partial charge in [-0.25, -0.2) is 0 Å². The van der Waals surface area contributed by atoms with Crippen LogP contribution >= 0.6 is 0 Å². The third-order valence-electron chi connectivity index (χ3n) is 2.10. The molecule has 1 aromatic carbocycles. The average molecular weight is 190 g/mol. The van der Waals surface area contributed by atoms with Gasteiger partial charge < -0.3 is 10.8 Å². The van der Waals surface area contributed by atoms with Gasteiger partial charge in [0.1, 0.15) is 0 Å². The van der Waals surface area contributed by atoms with Gasteiger partial charge in [0.2, 0.25) is 0 Å². The summed E-state index contributed by atoms with van der Waals surface area (Å²) in [4.78, 5) is 0. The predicted octanol–water partition coefficient (Wildman–Crippen LogP) is 1.13. The molecule has 74 valence electrons. The molecule has 0 unspecified atom stereocenters. The molecule has 0 radical (unpaired) electrons. The average Bonchev–Trinajstić information content (AvgIpc) is 2.19. The Labute approximate surface area is 83.8 Å². The first-order valence-electron chi connectivity index (χ1n) is 4.60. The molecule has 1 aromatic rings. The van der Waals surface area contributed by atoms with E-state index < -0.39 is 0 Å². The fourth-order valence-electron chi connectivity index (χ4n) is 1.33. The van der Waals surface area contributed by atoms with Crippen LogP contribution in [0.15, 0.2) is 24.3 Å². The summed E-state index contributed by atoms with van der Waals surface area (Å²) in [5.74, 6) is 0. The van der Waals surface area contributed by atoms with E-state index in [1.165, 1.54) is 0 Å². The summed E-state index contributed by atoms with van der Waals surface area (Å²) in [5.41, 5.74) is 7.78. The summed E-state index contributed by atoms with van der Waals surface area (Å²) in [6, 6.07) is 9.58. The zero-order valence-corrected chi connectivity index (χ0v) is 7.98. The molecule has 3 nitrogen and oxygen atoms in total. The van der Waals surface area contributed by atoms with Gasteiger partial charge in [-0.05, 0) is 17.5 Å². The Morgan fingerprint density at radius 2 is 2.29 bits per heavy atom. The van der Waals surface area contributed by atoms with Crippen LogP contribution in [0.5, 0.6) is 0 Å². The van der Waals surface area contributed by atoms with E-state index in [0.29, 0.717) is 12.8 Å². The maximum atomic E-state index is 8.74. The Morgan fingerprint density at radius 1 is 1.50 bits per heavy atom. The second-order valence-electron chi connectivity index (χ2n) is 3.20. The minimum Gasteiger partial charge on any atom is -0.396 e. The van der Waals surface area contributed by atoms with Gasteiger partial charge in [-0.3, -0.25) is 0 Å². The van der Waals surface area contributed by atoms with E-state index in [4.69, 9.17) is 16.1 Å². The summed E-state index contributed by atoms with van der Waals surface area (Å²) in [5, 5.41) is 17.3. The summed E-state index contributed by atoms with van der Waals surface area (Å²) < 4.78 is 0. The highest BCUT2D eigenvalue weighted by atomic mass is 16.3. The van der Waals surface area contributed by atoms with Gasteiger partial charge in [0, 0.05) is 12.6 Å². The fraction of sp³-hybridized carbons (Fsp3) is 0.364. The van der Waals surface area contributed by atoms with Gasteiger partial charge in [0.15, 0.2) is 0 Å². The molecule has 0 aliphatic rings. The van der Waals surface area contributed by atoms with Crippen molar-refractivity contribution in [1.82, 2.24) is 0 Å². The van der Waals surface area contributed by atoms with Crippen molar-refractivity contribution >= 4 is 0 Å². The smallest absolute Gasteiger partial charge is 0.0669 e. The van der Waals surface area contributed by atoms with Gasteiger partial charge >= 0.3 is 0 Å². The molecule has 0 spiro atoms. The Bertz CT molecular complexity index is 330. The Kier molecular flexibility index (Phi) is 4.11. The number of nitrogens with zero attached hydrogens (tertiary/aromatic N) is 1. The van der Waals surface area contributed by atoms with Crippen molar-refractivity contribution in [2.75, 3.05) is 6.61 Å². The Hall–Kier alpha value is -1.37. The van der Waals surface area contributed by atoms with Gasteiger partial charge in [-0.1, -0.05) is 24.3 Å². The van der Waals surface area contributed by atoms with Crippen molar-refractivity contribution in [2.45, 2.75) is 18.9 Å². The molecular weight excluding hydrogens is 176 g/mol. The molecule has 0 saturated heterocycles. The minimum absolute atomic E-state index is 0.0869. The lowest BCUT2D eigenvalue weighted by Crippen LogP contribution is -2.12. The van der Waals surface area contributed by atoms with E-state index in [2.05, 4.69) is 6.07 Å². The van der Waals surface area contributed by atoms with Crippen LogP contribution in [0.1, 0.15) is 23.6 Å². The number of hydrogen-bond donors (Lipinski definition) is 2. The highest BCUT2D eigenvalue weighted by Crippen LogP contribution is 2.15. The third-order valence-corrected chi connectivity index (χ3v) is 2.10. The van der Waals surface area contributed by atoms with E-state index in [9.17, 15) is 0 Å². The first-order chi connectivity index (χ1) is 6.77. The molecule has 0 saturated carbocycles. The topological polar surface area (TPSA) is 70.0 Å². The molecule has 0 aromatic heterocycles. The van der Waals surface area contributed by atoms with Gasteiger partial charge in [0.05, 0.1) is 12.5 Å². The number of rotatable bonds is 4. The number of hydrogen-bond acceptors (Lipinski definition) is 3. The first-order valence-corrected chi connectivity index (χ1v) is 4.60. The molecule has 0 amide bonds. The molecule has 0 heterocycles. The zero-order valence-electron chi connectivity index (χ0n) is 7.98. The lowest BCUT2D eigenvalue weighted by Gasteiger charge is -2.10. The van der Waals surface area contributed by atoms with Crippen molar-refractivity contribution in [1.29, 1.82) is 5.26 Å². The monoisotopic (exact) mass is 190 g/mol. The minimum atomic E-state index is -0.140. The molecule has 1 atom stereocenters. The van der Waals surface area contributed by atoms with Crippen LogP contribution in [-0.4, -0.2) is 11.7 Å². The van der Waals surface area contributed by atoms with Crippen LogP contribution < -0.4 is 5.73 Å². The van der Waals surface area contributed by atoms with Crippen molar-refractivity contribution < 1.29 is 5.11 Å². The number of benzene rings is 1. The SMILES string of the molecule is N#CCc1cccc([C@H](N)CCO)c1. The molecule has 3 N–H and O–H groups in total. The van der Waals surface area contributed by atoms with Crippen molar-refractivity contribution in [2.24, 2.45) is 5.73 Å². The van der Waals surface area contributed by atoms with E-state index in [1.807, 2.05) is 24.3 Å². The van der Waals surface area contributed by atoms with Crippen molar-refractivity contribution in [3.05, 3.63) is 35.4 Å². The highest BCUT2D eigenvalue weighted by molar-refractivity contribution is 5.27. The quantitative estimate of drug-likeness (QED) is 0.747. The largest absolute Gasteiger partial charge is 0.396 e. The van der Waals surface area contributed by atoms with Gasteiger partial charge in [-0.2, -0.15) is 5.26 Å². The normalized spacial score (nSPS) is 12.1. The standard InChI is InChI=1S/C11H14N2O/c12-6-4-9-2-1-3-10(8-9)11(13)5-7-14/h1-3,8,11,14H,4-5,7,13H2/t11-/m1/s1. The number of aliphatic hydroxyl groups excluding tert-OH is 1.